The number of rotatable bonds is 7. The molecule has 0 N–H and O–H groups in total. The second-order valence-electron chi connectivity index (χ2n) is 7.34. The maximum atomic E-state index is 11.2. The predicted octanol–water partition coefficient (Wildman–Crippen LogP) is 4.66. The van der Waals surface area contributed by atoms with Gasteiger partial charge < -0.3 is 14.2 Å². The highest BCUT2D eigenvalue weighted by molar-refractivity contribution is 6.84. The molecule has 0 spiro atoms. The maximum absolute atomic E-state index is 11.2. The second kappa shape index (κ2) is 6.96. The molecule has 0 aromatic rings. The lowest BCUT2D eigenvalue weighted by Crippen LogP contribution is -2.36. The van der Waals surface area contributed by atoms with Gasteiger partial charge in [0.1, 0.15) is 0 Å². The van der Waals surface area contributed by atoms with Gasteiger partial charge in [-0.3, -0.25) is 0 Å². The van der Waals surface area contributed by atoms with E-state index in [1.54, 1.807) is 0 Å². The van der Waals surface area contributed by atoms with Gasteiger partial charge in [0.05, 0.1) is 14.7 Å². The van der Waals surface area contributed by atoms with Crippen LogP contribution >= 0.6 is 0 Å². The van der Waals surface area contributed by atoms with Crippen LogP contribution in [0.2, 0.25) is 18.1 Å². The topological polar surface area (TPSA) is 44.8 Å². The van der Waals surface area contributed by atoms with E-state index in [-0.39, 0.29) is 6.61 Å². The summed E-state index contributed by atoms with van der Waals surface area (Å²) in [4.78, 5) is 11.2. The van der Waals surface area contributed by atoms with E-state index in [1.165, 1.54) is 0 Å². The molecular formula is C16H30O4Si. The fraction of sp³-hybridized carbons (Fsp3) is 0.812. The molecular weight excluding hydrogens is 284 g/mol. The van der Waals surface area contributed by atoms with Gasteiger partial charge in [0.25, 0.3) is 5.79 Å². The summed E-state index contributed by atoms with van der Waals surface area (Å²) in [6.45, 7) is 14.3. The number of ether oxygens (including phenoxy) is 3. The maximum Gasteiger partial charge on any atom is 0.511 e. The molecule has 21 heavy (non-hydrogen) atoms. The highest BCUT2D eigenvalue weighted by Gasteiger charge is 2.43. The number of carbonyl (C=O) groups excluding carboxylic acids is 1. The lowest BCUT2D eigenvalue weighted by molar-refractivity contribution is -0.177. The third kappa shape index (κ3) is 5.15. The van der Waals surface area contributed by atoms with Crippen LogP contribution in [0.15, 0.2) is 11.8 Å². The quantitative estimate of drug-likeness (QED) is 0.506. The molecule has 1 heterocycles. The van der Waals surface area contributed by atoms with Crippen molar-refractivity contribution in [3.63, 3.8) is 0 Å². The largest absolute Gasteiger partial charge is 0.511 e. The molecule has 1 saturated heterocycles. The SMILES string of the molecule is CCCCC1(OC/C=C/[Si](C)(C)C(C)(C)C)COC(=O)O1. The zero-order chi connectivity index (χ0) is 16.1. The van der Waals surface area contributed by atoms with Crippen LogP contribution < -0.4 is 0 Å². The monoisotopic (exact) mass is 314 g/mol. The van der Waals surface area contributed by atoms with Crippen LogP contribution in [0, 0.1) is 0 Å². The van der Waals surface area contributed by atoms with Crippen molar-refractivity contribution in [2.75, 3.05) is 13.2 Å². The van der Waals surface area contributed by atoms with E-state index in [2.05, 4.69) is 52.6 Å². The summed E-state index contributed by atoms with van der Waals surface area (Å²) in [5.74, 6) is -0.884. The summed E-state index contributed by atoms with van der Waals surface area (Å²) in [6.07, 6.45) is 4.10. The summed E-state index contributed by atoms with van der Waals surface area (Å²) >= 11 is 0. The summed E-state index contributed by atoms with van der Waals surface area (Å²) < 4.78 is 16.0. The molecule has 0 aromatic carbocycles. The van der Waals surface area contributed by atoms with E-state index in [0.717, 1.165) is 12.8 Å². The molecule has 4 nitrogen and oxygen atoms in total. The molecule has 1 aliphatic heterocycles. The van der Waals surface area contributed by atoms with Gasteiger partial charge in [0.15, 0.2) is 6.61 Å². The van der Waals surface area contributed by atoms with Crippen molar-refractivity contribution < 1.29 is 19.0 Å². The van der Waals surface area contributed by atoms with Gasteiger partial charge in [-0.05, 0) is 11.5 Å². The van der Waals surface area contributed by atoms with Gasteiger partial charge in [-0.2, -0.15) is 0 Å². The Bertz CT molecular complexity index is 384. The van der Waals surface area contributed by atoms with Crippen LogP contribution in [0.4, 0.5) is 4.79 Å². The van der Waals surface area contributed by atoms with Crippen LogP contribution in [0.5, 0.6) is 0 Å². The van der Waals surface area contributed by atoms with Crippen molar-refractivity contribution in [3.8, 4) is 0 Å². The van der Waals surface area contributed by atoms with Crippen LogP contribution in [0.1, 0.15) is 47.0 Å². The molecule has 0 aliphatic carbocycles. The van der Waals surface area contributed by atoms with Gasteiger partial charge in [-0.15, -0.1) is 0 Å². The number of hydrogen-bond acceptors (Lipinski definition) is 4. The number of hydrogen-bond donors (Lipinski definition) is 0. The van der Waals surface area contributed by atoms with E-state index in [4.69, 9.17) is 14.2 Å². The van der Waals surface area contributed by atoms with Crippen molar-refractivity contribution in [2.45, 2.75) is 70.9 Å². The Kier molecular flexibility index (Phi) is 6.05. The first-order valence-corrected chi connectivity index (χ1v) is 10.9. The molecule has 1 rings (SSSR count). The lowest BCUT2D eigenvalue weighted by Gasteiger charge is -2.34. The first kappa shape index (κ1) is 18.2. The van der Waals surface area contributed by atoms with Gasteiger partial charge in [-0.1, -0.05) is 59.0 Å². The molecule has 0 saturated carbocycles. The average Bonchev–Trinajstić information content (AvgIpc) is 2.73. The lowest BCUT2D eigenvalue weighted by atomic mass is 10.1. The Balaban J connectivity index is 2.57. The van der Waals surface area contributed by atoms with Gasteiger partial charge in [-0.25, -0.2) is 4.79 Å². The van der Waals surface area contributed by atoms with E-state index < -0.39 is 20.0 Å². The molecule has 0 amide bonds. The molecule has 1 atom stereocenters. The van der Waals surface area contributed by atoms with Gasteiger partial charge in [0.2, 0.25) is 0 Å². The molecule has 0 bridgehead atoms. The number of unbranched alkanes of at least 4 members (excludes halogenated alkanes) is 1. The first-order valence-electron chi connectivity index (χ1n) is 7.79. The molecule has 0 aromatic heterocycles. The van der Waals surface area contributed by atoms with E-state index in [0.29, 0.717) is 18.1 Å². The standard InChI is InChI=1S/C16H30O4Si/c1-7-8-10-16(13-18-14(17)20-16)19-11-9-12-21(5,6)15(2,3)4/h9,12H,7-8,10-11,13H2,1-6H3/b12-9+. The Labute approximate surface area is 129 Å². The van der Waals surface area contributed by atoms with Gasteiger partial charge >= 0.3 is 6.16 Å². The fourth-order valence-electron chi connectivity index (χ4n) is 1.89. The number of carbonyl (C=O) groups is 1. The molecule has 1 fully saturated rings. The minimum atomic E-state index is -1.44. The van der Waals surface area contributed by atoms with Crippen molar-refractivity contribution in [1.29, 1.82) is 0 Å². The zero-order valence-electron chi connectivity index (χ0n) is 14.3. The molecule has 0 radical (unpaired) electrons. The average molecular weight is 314 g/mol. The summed E-state index contributed by atoms with van der Waals surface area (Å²) in [7, 11) is -1.44. The molecule has 1 aliphatic rings. The normalized spacial score (nSPS) is 23.4. The third-order valence-electron chi connectivity index (χ3n) is 4.50. The summed E-state index contributed by atoms with van der Waals surface area (Å²) in [5.41, 5.74) is 2.30. The van der Waals surface area contributed by atoms with Crippen molar-refractivity contribution in [3.05, 3.63) is 11.8 Å². The van der Waals surface area contributed by atoms with Crippen LogP contribution in [0.25, 0.3) is 0 Å². The van der Waals surface area contributed by atoms with Crippen LogP contribution in [-0.2, 0) is 14.2 Å². The van der Waals surface area contributed by atoms with Crippen molar-refractivity contribution >= 4 is 14.2 Å². The van der Waals surface area contributed by atoms with Crippen molar-refractivity contribution in [1.82, 2.24) is 0 Å². The fourth-order valence-corrected chi connectivity index (χ4v) is 3.07. The number of cyclic esters (lactones) is 2. The van der Waals surface area contributed by atoms with Gasteiger partial charge in [0, 0.05) is 6.42 Å². The van der Waals surface area contributed by atoms with Crippen molar-refractivity contribution in [2.24, 2.45) is 0 Å². The Morgan fingerprint density at radius 3 is 2.52 bits per heavy atom. The highest BCUT2D eigenvalue weighted by atomic mass is 28.3. The third-order valence-corrected chi connectivity index (χ3v) is 9.44. The van der Waals surface area contributed by atoms with Crippen LogP contribution in [-0.4, -0.2) is 33.2 Å². The minimum absolute atomic E-state index is 0.194. The van der Waals surface area contributed by atoms with E-state index >= 15 is 0 Å². The second-order valence-corrected chi connectivity index (χ2v) is 12.6. The predicted molar refractivity (Wildman–Crippen MR) is 87.0 cm³/mol. The minimum Gasteiger partial charge on any atom is -0.427 e. The van der Waals surface area contributed by atoms with E-state index in [9.17, 15) is 4.79 Å². The molecule has 5 heteroatoms. The summed E-state index contributed by atoms with van der Waals surface area (Å²) in [6, 6.07) is 0. The Hall–Kier alpha value is -0.813. The Morgan fingerprint density at radius 2 is 2.05 bits per heavy atom. The first-order chi connectivity index (χ1) is 9.62. The molecule has 122 valence electrons. The Morgan fingerprint density at radius 1 is 1.38 bits per heavy atom. The van der Waals surface area contributed by atoms with Crippen LogP contribution in [0.3, 0.4) is 0 Å². The zero-order valence-corrected chi connectivity index (χ0v) is 15.3. The summed E-state index contributed by atoms with van der Waals surface area (Å²) in [5, 5.41) is 0.312. The molecule has 1 unspecified atom stereocenters. The highest BCUT2D eigenvalue weighted by Crippen LogP contribution is 2.36. The smallest absolute Gasteiger partial charge is 0.427 e. The van der Waals surface area contributed by atoms with E-state index in [1.807, 2.05) is 0 Å².